The van der Waals surface area contributed by atoms with E-state index in [9.17, 15) is 0 Å². The number of hydrogen-bond acceptors (Lipinski definition) is 3. The zero-order valence-corrected chi connectivity index (χ0v) is 13.1. The lowest BCUT2D eigenvalue weighted by molar-refractivity contribution is 0.533. The van der Waals surface area contributed by atoms with Crippen molar-refractivity contribution in [2.45, 2.75) is 60.2 Å². The van der Waals surface area contributed by atoms with Gasteiger partial charge < -0.3 is 5.32 Å². The first kappa shape index (κ1) is 14.6. The van der Waals surface area contributed by atoms with E-state index < -0.39 is 0 Å². The van der Waals surface area contributed by atoms with Crippen LogP contribution in [0.15, 0.2) is 12.4 Å². The number of rotatable bonds is 6. The maximum Gasteiger partial charge on any atom is 0.151 e. The van der Waals surface area contributed by atoms with Crippen molar-refractivity contribution in [2.24, 2.45) is 0 Å². The molecular weight excluding hydrogens is 250 g/mol. The summed E-state index contributed by atoms with van der Waals surface area (Å²) in [6, 6.07) is 0.387. The molecule has 20 heavy (non-hydrogen) atoms. The van der Waals surface area contributed by atoms with Gasteiger partial charge >= 0.3 is 0 Å². The average Bonchev–Trinajstić information content (AvgIpc) is 2.91. The Morgan fingerprint density at radius 1 is 1.20 bits per heavy atom. The Balaban J connectivity index is 2.05. The second-order valence-corrected chi connectivity index (χ2v) is 5.59. The van der Waals surface area contributed by atoms with Gasteiger partial charge in [0, 0.05) is 42.7 Å². The summed E-state index contributed by atoms with van der Waals surface area (Å²) >= 11 is 0. The fourth-order valence-electron chi connectivity index (χ4n) is 2.18. The van der Waals surface area contributed by atoms with Gasteiger partial charge in [0.15, 0.2) is 5.82 Å². The molecule has 110 valence electrons. The maximum atomic E-state index is 4.58. The minimum absolute atomic E-state index is 0.387. The summed E-state index contributed by atoms with van der Waals surface area (Å²) < 4.78 is 4.01. The van der Waals surface area contributed by atoms with Crippen LogP contribution in [0.1, 0.15) is 50.1 Å². The third-order valence-electron chi connectivity index (χ3n) is 3.39. The second kappa shape index (κ2) is 6.11. The predicted octanol–water partition coefficient (Wildman–Crippen LogP) is 3.30. The number of anilines is 1. The molecule has 2 rings (SSSR count). The molecule has 0 amide bonds. The molecule has 0 unspecified atom stereocenters. The molecule has 0 atom stereocenters. The van der Waals surface area contributed by atoms with Crippen LogP contribution in [-0.2, 0) is 13.1 Å². The smallest absolute Gasteiger partial charge is 0.151 e. The molecular formula is C15H25N5. The Morgan fingerprint density at radius 3 is 2.55 bits per heavy atom. The molecule has 0 aliphatic carbocycles. The van der Waals surface area contributed by atoms with Gasteiger partial charge in [-0.25, -0.2) is 0 Å². The zero-order chi connectivity index (χ0) is 14.7. The number of nitrogens with one attached hydrogen (secondary N) is 1. The van der Waals surface area contributed by atoms with Crippen LogP contribution in [0.5, 0.6) is 0 Å². The van der Waals surface area contributed by atoms with Gasteiger partial charge in [0.05, 0.1) is 5.69 Å². The highest BCUT2D eigenvalue weighted by molar-refractivity contribution is 5.42. The van der Waals surface area contributed by atoms with Gasteiger partial charge in [-0.05, 0) is 34.1 Å². The summed E-state index contributed by atoms with van der Waals surface area (Å²) in [5.74, 6) is 0.960. The molecule has 2 heterocycles. The van der Waals surface area contributed by atoms with Gasteiger partial charge in [-0.1, -0.05) is 6.92 Å². The third-order valence-corrected chi connectivity index (χ3v) is 3.39. The Hall–Kier alpha value is -1.78. The van der Waals surface area contributed by atoms with Crippen molar-refractivity contribution >= 4 is 5.82 Å². The lowest BCUT2D eigenvalue weighted by Gasteiger charge is -2.05. The van der Waals surface area contributed by atoms with E-state index in [1.54, 1.807) is 0 Å². The Labute approximate surface area is 121 Å². The highest BCUT2D eigenvalue weighted by Gasteiger charge is 2.09. The predicted molar refractivity (Wildman–Crippen MR) is 81.9 cm³/mol. The lowest BCUT2D eigenvalue weighted by atomic mass is 10.2. The summed E-state index contributed by atoms with van der Waals surface area (Å²) in [5, 5.41) is 12.5. The fraction of sp³-hybridized carbons (Fsp3) is 0.600. The molecule has 0 bridgehead atoms. The number of aryl methyl sites for hydroxylation is 3. The van der Waals surface area contributed by atoms with Crippen molar-refractivity contribution in [3.63, 3.8) is 0 Å². The molecule has 0 radical (unpaired) electrons. The largest absolute Gasteiger partial charge is 0.364 e. The van der Waals surface area contributed by atoms with Crippen molar-refractivity contribution in [3.8, 4) is 0 Å². The summed E-state index contributed by atoms with van der Waals surface area (Å²) in [7, 11) is 0. The number of hydrogen-bond donors (Lipinski definition) is 1. The maximum absolute atomic E-state index is 4.58. The zero-order valence-electron chi connectivity index (χ0n) is 13.1. The monoisotopic (exact) mass is 275 g/mol. The van der Waals surface area contributed by atoms with Crippen LogP contribution in [0, 0.1) is 13.8 Å². The van der Waals surface area contributed by atoms with Crippen molar-refractivity contribution in [2.75, 3.05) is 5.32 Å². The van der Waals surface area contributed by atoms with E-state index in [2.05, 4.69) is 62.5 Å². The van der Waals surface area contributed by atoms with Gasteiger partial charge in [-0.15, -0.1) is 0 Å². The summed E-state index contributed by atoms with van der Waals surface area (Å²) in [4.78, 5) is 0. The molecule has 5 nitrogen and oxygen atoms in total. The Morgan fingerprint density at radius 2 is 1.95 bits per heavy atom. The van der Waals surface area contributed by atoms with Crippen LogP contribution in [0.4, 0.5) is 5.82 Å². The molecule has 0 aliphatic rings. The van der Waals surface area contributed by atoms with Gasteiger partial charge in [0.1, 0.15) is 0 Å². The summed E-state index contributed by atoms with van der Waals surface area (Å²) in [6.45, 7) is 12.3. The lowest BCUT2D eigenvalue weighted by Crippen LogP contribution is -2.04. The van der Waals surface area contributed by atoms with Crippen LogP contribution in [-0.4, -0.2) is 19.6 Å². The molecule has 0 saturated heterocycles. The molecule has 0 aliphatic heterocycles. The minimum Gasteiger partial charge on any atom is -0.364 e. The van der Waals surface area contributed by atoms with Gasteiger partial charge in [0.25, 0.3) is 0 Å². The number of aromatic nitrogens is 4. The van der Waals surface area contributed by atoms with E-state index in [-0.39, 0.29) is 0 Å². The van der Waals surface area contributed by atoms with E-state index in [0.29, 0.717) is 6.04 Å². The van der Waals surface area contributed by atoms with E-state index >= 15 is 0 Å². The SMILES string of the molecule is CCCn1cc(CNc2nn(C(C)C)cc2C)c(C)n1. The molecule has 2 aromatic rings. The van der Waals surface area contributed by atoms with Gasteiger partial charge in [-0.3, -0.25) is 9.36 Å². The normalized spacial score (nSPS) is 11.3. The van der Waals surface area contributed by atoms with Crippen molar-refractivity contribution < 1.29 is 0 Å². The van der Waals surface area contributed by atoms with Crippen LogP contribution < -0.4 is 5.32 Å². The molecule has 2 aromatic heterocycles. The molecule has 0 spiro atoms. The molecule has 0 saturated carbocycles. The topological polar surface area (TPSA) is 47.7 Å². The van der Waals surface area contributed by atoms with E-state index in [1.165, 1.54) is 11.1 Å². The minimum atomic E-state index is 0.387. The Bertz CT molecular complexity index is 565. The standard InChI is InChI=1S/C15H25N5/c1-6-7-19-10-14(13(5)17-19)8-16-15-12(4)9-20(18-15)11(2)3/h9-11H,6-8H2,1-5H3,(H,16,18). The number of nitrogens with zero attached hydrogens (tertiary/aromatic N) is 4. The van der Waals surface area contributed by atoms with E-state index in [0.717, 1.165) is 31.0 Å². The van der Waals surface area contributed by atoms with Crippen molar-refractivity contribution in [3.05, 3.63) is 29.2 Å². The van der Waals surface area contributed by atoms with Crippen LogP contribution >= 0.6 is 0 Å². The molecule has 1 N–H and O–H groups in total. The van der Waals surface area contributed by atoms with Gasteiger partial charge in [0.2, 0.25) is 0 Å². The first-order valence-electron chi connectivity index (χ1n) is 7.33. The van der Waals surface area contributed by atoms with Crippen LogP contribution in [0.3, 0.4) is 0 Å². The highest BCUT2D eigenvalue weighted by Crippen LogP contribution is 2.16. The molecule has 0 fully saturated rings. The van der Waals surface area contributed by atoms with Gasteiger partial charge in [-0.2, -0.15) is 10.2 Å². The fourth-order valence-corrected chi connectivity index (χ4v) is 2.18. The van der Waals surface area contributed by atoms with Crippen molar-refractivity contribution in [1.29, 1.82) is 0 Å². The van der Waals surface area contributed by atoms with E-state index in [1.807, 2.05) is 9.36 Å². The Kier molecular flexibility index (Phi) is 4.47. The summed E-state index contributed by atoms with van der Waals surface area (Å²) in [6.07, 6.45) is 5.31. The first-order chi connectivity index (χ1) is 9.51. The third kappa shape index (κ3) is 3.21. The molecule has 5 heteroatoms. The highest BCUT2D eigenvalue weighted by atomic mass is 15.3. The summed E-state index contributed by atoms with van der Waals surface area (Å²) in [5.41, 5.74) is 3.50. The average molecular weight is 275 g/mol. The molecule has 0 aromatic carbocycles. The van der Waals surface area contributed by atoms with E-state index in [4.69, 9.17) is 0 Å². The second-order valence-electron chi connectivity index (χ2n) is 5.59. The van der Waals surface area contributed by atoms with Crippen LogP contribution in [0.25, 0.3) is 0 Å². The van der Waals surface area contributed by atoms with Crippen molar-refractivity contribution in [1.82, 2.24) is 19.6 Å². The van der Waals surface area contributed by atoms with Crippen LogP contribution in [0.2, 0.25) is 0 Å². The quantitative estimate of drug-likeness (QED) is 0.880. The first-order valence-corrected chi connectivity index (χ1v) is 7.33.